The fraction of sp³-hybridized carbons (Fsp3) is 0.300. The SMILES string of the molecule is Cn1cnc2cc(N3CCN(Cc4cc(F)ccc4F)CC3)ccc2c1=O. The molecule has 0 aliphatic carbocycles. The third-order valence-corrected chi connectivity index (χ3v) is 5.04. The Morgan fingerprint density at radius 2 is 1.81 bits per heavy atom. The van der Waals surface area contributed by atoms with E-state index < -0.39 is 5.82 Å². The molecule has 3 aromatic rings. The van der Waals surface area contributed by atoms with Gasteiger partial charge < -0.3 is 9.47 Å². The molecule has 7 heteroatoms. The van der Waals surface area contributed by atoms with Crippen LogP contribution in [0.15, 0.2) is 47.5 Å². The van der Waals surface area contributed by atoms with Gasteiger partial charge in [0.2, 0.25) is 0 Å². The summed E-state index contributed by atoms with van der Waals surface area (Å²) < 4.78 is 28.6. The summed E-state index contributed by atoms with van der Waals surface area (Å²) in [6, 6.07) is 9.25. The van der Waals surface area contributed by atoms with E-state index in [1.165, 1.54) is 23.0 Å². The lowest BCUT2D eigenvalue weighted by molar-refractivity contribution is 0.246. The molecule has 4 rings (SSSR count). The van der Waals surface area contributed by atoms with Crippen LogP contribution < -0.4 is 10.5 Å². The van der Waals surface area contributed by atoms with Crippen molar-refractivity contribution < 1.29 is 8.78 Å². The molecule has 0 unspecified atom stereocenters. The van der Waals surface area contributed by atoms with E-state index in [9.17, 15) is 13.6 Å². The van der Waals surface area contributed by atoms with Crippen LogP contribution in [0.25, 0.3) is 10.9 Å². The van der Waals surface area contributed by atoms with Gasteiger partial charge in [0.25, 0.3) is 5.56 Å². The molecule has 0 amide bonds. The molecule has 1 saturated heterocycles. The van der Waals surface area contributed by atoms with Crippen LogP contribution >= 0.6 is 0 Å². The minimum absolute atomic E-state index is 0.0616. The molecule has 2 aromatic carbocycles. The number of halogens is 2. The minimum Gasteiger partial charge on any atom is -0.369 e. The van der Waals surface area contributed by atoms with Crippen LogP contribution in [0.5, 0.6) is 0 Å². The zero-order valence-electron chi connectivity index (χ0n) is 15.0. The van der Waals surface area contributed by atoms with Crippen molar-refractivity contribution in [2.75, 3.05) is 31.1 Å². The number of aryl methyl sites for hydroxylation is 1. The van der Waals surface area contributed by atoms with Gasteiger partial charge in [0.1, 0.15) is 11.6 Å². The highest BCUT2D eigenvalue weighted by Gasteiger charge is 2.19. The van der Waals surface area contributed by atoms with Gasteiger partial charge in [0, 0.05) is 51.0 Å². The molecular formula is C20H20F2N4O. The first-order valence-electron chi connectivity index (χ1n) is 8.88. The molecule has 0 bridgehead atoms. The highest BCUT2D eigenvalue weighted by molar-refractivity contribution is 5.81. The number of anilines is 1. The second-order valence-corrected chi connectivity index (χ2v) is 6.86. The first-order chi connectivity index (χ1) is 13.0. The summed E-state index contributed by atoms with van der Waals surface area (Å²) in [5.41, 5.74) is 2.02. The molecule has 1 aliphatic heterocycles. The molecule has 27 heavy (non-hydrogen) atoms. The lowest BCUT2D eigenvalue weighted by Gasteiger charge is -2.36. The number of benzene rings is 2. The molecule has 2 heterocycles. The number of rotatable bonds is 3. The molecule has 0 saturated carbocycles. The molecule has 1 aliphatic rings. The standard InChI is InChI=1S/C20H20F2N4O/c1-24-13-23-19-11-16(3-4-17(19)20(24)27)26-8-6-25(7-9-26)12-14-10-15(21)2-5-18(14)22/h2-5,10-11,13H,6-9,12H2,1H3. The second-order valence-electron chi connectivity index (χ2n) is 6.86. The quantitative estimate of drug-likeness (QED) is 0.711. The summed E-state index contributed by atoms with van der Waals surface area (Å²) in [5.74, 6) is -0.791. The van der Waals surface area contributed by atoms with E-state index in [0.29, 0.717) is 23.0 Å². The van der Waals surface area contributed by atoms with E-state index in [2.05, 4.69) is 14.8 Å². The van der Waals surface area contributed by atoms with Gasteiger partial charge in [-0.05, 0) is 36.4 Å². The first kappa shape index (κ1) is 17.6. The van der Waals surface area contributed by atoms with E-state index in [1.54, 1.807) is 7.05 Å². The summed E-state index contributed by atoms with van der Waals surface area (Å²) in [4.78, 5) is 20.8. The molecule has 140 valence electrons. The van der Waals surface area contributed by atoms with Crippen LogP contribution in [-0.2, 0) is 13.6 Å². The number of nitrogens with zero attached hydrogens (tertiary/aromatic N) is 4. The van der Waals surface area contributed by atoms with Gasteiger partial charge in [-0.25, -0.2) is 13.8 Å². The van der Waals surface area contributed by atoms with Gasteiger partial charge in [0.15, 0.2) is 0 Å². The average Bonchev–Trinajstić information content (AvgIpc) is 2.68. The van der Waals surface area contributed by atoms with Gasteiger partial charge in [-0.15, -0.1) is 0 Å². The molecule has 1 aromatic heterocycles. The van der Waals surface area contributed by atoms with Gasteiger partial charge in [0.05, 0.1) is 17.2 Å². The number of piperazine rings is 1. The maximum absolute atomic E-state index is 13.8. The Morgan fingerprint density at radius 3 is 2.59 bits per heavy atom. The third kappa shape index (κ3) is 3.55. The maximum atomic E-state index is 13.8. The molecule has 1 fully saturated rings. The van der Waals surface area contributed by atoms with Gasteiger partial charge in [-0.1, -0.05) is 0 Å². The van der Waals surface area contributed by atoms with Gasteiger partial charge in [-0.2, -0.15) is 0 Å². The molecule has 0 radical (unpaired) electrons. The number of hydrogen-bond donors (Lipinski definition) is 0. The number of aromatic nitrogens is 2. The van der Waals surface area contributed by atoms with Crippen molar-refractivity contribution in [3.05, 3.63) is 70.3 Å². The lowest BCUT2D eigenvalue weighted by Crippen LogP contribution is -2.46. The van der Waals surface area contributed by atoms with Crippen molar-refractivity contribution >= 4 is 16.6 Å². The minimum atomic E-state index is -0.417. The Morgan fingerprint density at radius 1 is 1.04 bits per heavy atom. The average molecular weight is 370 g/mol. The van der Waals surface area contributed by atoms with Gasteiger partial charge in [-0.3, -0.25) is 9.69 Å². The normalized spacial score (nSPS) is 15.4. The largest absolute Gasteiger partial charge is 0.369 e. The van der Waals surface area contributed by atoms with Crippen LogP contribution in [-0.4, -0.2) is 40.6 Å². The molecule has 0 atom stereocenters. The zero-order valence-corrected chi connectivity index (χ0v) is 15.0. The molecule has 5 nitrogen and oxygen atoms in total. The molecule has 0 spiro atoms. The summed E-state index contributed by atoms with van der Waals surface area (Å²) in [5, 5.41) is 0.601. The van der Waals surface area contributed by atoms with Crippen molar-refractivity contribution in [3.63, 3.8) is 0 Å². The highest BCUT2D eigenvalue weighted by atomic mass is 19.1. The van der Waals surface area contributed by atoms with E-state index >= 15 is 0 Å². The van der Waals surface area contributed by atoms with Crippen molar-refractivity contribution in [1.82, 2.24) is 14.5 Å². The molecule has 0 N–H and O–H groups in total. The Bertz CT molecular complexity index is 1040. The summed E-state index contributed by atoms with van der Waals surface area (Å²) >= 11 is 0. The van der Waals surface area contributed by atoms with E-state index in [0.717, 1.165) is 37.9 Å². The van der Waals surface area contributed by atoms with Crippen molar-refractivity contribution in [2.45, 2.75) is 6.54 Å². The van der Waals surface area contributed by atoms with Gasteiger partial charge >= 0.3 is 0 Å². The fourth-order valence-corrected chi connectivity index (χ4v) is 3.47. The highest BCUT2D eigenvalue weighted by Crippen LogP contribution is 2.21. The van der Waals surface area contributed by atoms with E-state index in [4.69, 9.17) is 0 Å². The summed E-state index contributed by atoms with van der Waals surface area (Å²) in [6.45, 7) is 3.43. The number of fused-ring (bicyclic) bond motifs is 1. The number of hydrogen-bond acceptors (Lipinski definition) is 4. The first-order valence-corrected chi connectivity index (χ1v) is 8.88. The van der Waals surface area contributed by atoms with Crippen LogP contribution in [0.3, 0.4) is 0 Å². The predicted molar refractivity (Wildman–Crippen MR) is 101 cm³/mol. The monoisotopic (exact) mass is 370 g/mol. The fourth-order valence-electron chi connectivity index (χ4n) is 3.47. The van der Waals surface area contributed by atoms with E-state index in [-0.39, 0.29) is 11.4 Å². The predicted octanol–water partition coefficient (Wildman–Crippen LogP) is 2.53. The van der Waals surface area contributed by atoms with Crippen LogP contribution in [0.4, 0.5) is 14.5 Å². The van der Waals surface area contributed by atoms with Crippen molar-refractivity contribution in [2.24, 2.45) is 7.05 Å². The van der Waals surface area contributed by atoms with Crippen molar-refractivity contribution in [3.8, 4) is 0 Å². The summed E-state index contributed by atoms with van der Waals surface area (Å²) in [6.07, 6.45) is 1.53. The Labute approximate surface area is 155 Å². The van der Waals surface area contributed by atoms with E-state index in [1.807, 2.05) is 18.2 Å². The van der Waals surface area contributed by atoms with Crippen LogP contribution in [0.1, 0.15) is 5.56 Å². The summed E-state index contributed by atoms with van der Waals surface area (Å²) in [7, 11) is 1.68. The maximum Gasteiger partial charge on any atom is 0.260 e. The third-order valence-electron chi connectivity index (χ3n) is 5.04. The smallest absolute Gasteiger partial charge is 0.260 e. The van der Waals surface area contributed by atoms with Crippen LogP contribution in [0.2, 0.25) is 0 Å². The van der Waals surface area contributed by atoms with Crippen molar-refractivity contribution in [1.29, 1.82) is 0 Å². The second kappa shape index (κ2) is 7.08. The Hall–Kier alpha value is -2.80. The molecular weight excluding hydrogens is 350 g/mol. The van der Waals surface area contributed by atoms with Crippen LogP contribution in [0, 0.1) is 11.6 Å². The Kier molecular flexibility index (Phi) is 4.61. The lowest BCUT2D eigenvalue weighted by atomic mass is 10.1. The Balaban J connectivity index is 1.46. The topological polar surface area (TPSA) is 41.4 Å². The zero-order chi connectivity index (χ0) is 19.0.